The number of carbonyl (C=O) groups excluding carboxylic acids is 1. The molecule has 0 spiro atoms. The summed E-state index contributed by atoms with van der Waals surface area (Å²) in [6, 6.07) is -2.58. The van der Waals surface area contributed by atoms with E-state index in [0.717, 1.165) is 6.92 Å². The SMILES string of the molecule is [2H]C([2H])=C([2H])C([2H])(SC[C@H](NC(C)=O)C(=O)O)C([2H])([2H])O. The average molecular weight is 239 g/mol. The zero-order valence-electron chi connectivity index (χ0n) is 13.9. The van der Waals surface area contributed by atoms with Gasteiger partial charge in [-0.1, -0.05) is 6.05 Å². The minimum Gasteiger partial charge on any atom is -0.480 e. The second-order valence-electron chi connectivity index (χ2n) is 2.47. The molecule has 0 saturated carbocycles. The summed E-state index contributed by atoms with van der Waals surface area (Å²) in [5.41, 5.74) is 0. The highest BCUT2D eigenvalue weighted by Gasteiger charge is 2.19. The number of thioether (sulfide) groups is 1. The fraction of sp³-hybridized carbons (Fsp3) is 0.556. The number of aliphatic carboxylic acids is 1. The van der Waals surface area contributed by atoms with Gasteiger partial charge in [0.1, 0.15) is 6.04 Å². The van der Waals surface area contributed by atoms with Crippen molar-refractivity contribution in [2.24, 2.45) is 0 Å². The summed E-state index contributed by atoms with van der Waals surface area (Å²) in [6.45, 7) is -3.40. The van der Waals surface area contributed by atoms with E-state index in [-0.39, 0.29) is 11.8 Å². The number of amides is 1. The average Bonchev–Trinajstić information content (AvgIpc) is 2.30. The summed E-state index contributed by atoms with van der Waals surface area (Å²) in [4.78, 5) is 21.8. The van der Waals surface area contributed by atoms with Gasteiger partial charge in [-0.25, -0.2) is 4.79 Å². The zero-order valence-corrected chi connectivity index (χ0v) is 8.72. The van der Waals surface area contributed by atoms with Crippen LogP contribution in [0.5, 0.6) is 0 Å². The van der Waals surface area contributed by atoms with Crippen molar-refractivity contribution in [2.75, 3.05) is 12.3 Å². The lowest BCUT2D eigenvalue weighted by Gasteiger charge is -2.15. The Labute approximate surface area is 101 Å². The summed E-state index contributed by atoms with van der Waals surface area (Å²) < 4.78 is 43.4. The van der Waals surface area contributed by atoms with E-state index in [0.29, 0.717) is 0 Å². The van der Waals surface area contributed by atoms with Gasteiger partial charge in [0.15, 0.2) is 0 Å². The van der Waals surface area contributed by atoms with Crippen LogP contribution >= 0.6 is 11.8 Å². The molecule has 0 aliphatic rings. The second kappa shape index (κ2) is 7.30. The standard InChI is InChI=1S/C9H15NO4S/c1-3-7(4-11)15-5-8(9(13)14)10-6(2)12/h3,7-8,11H,1,4-5H2,2H3,(H,10,12)(H,13,14)/t7?,8-/m0/s1/i1D2,3D,4D2,7D. The van der Waals surface area contributed by atoms with Crippen LogP contribution in [0.25, 0.3) is 0 Å². The monoisotopic (exact) mass is 239 g/mol. The molecule has 0 bridgehead atoms. The number of aliphatic hydroxyl groups is 1. The number of carbonyl (C=O) groups is 2. The lowest BCUT2D eigenvalue weighted by molar-refractivity contribution is -0.140. The highest BCUT2D eigenvalue weighted by Crippen LogP contribution is 2.12. The Morgan fingerprint density at radius 2 is 2.60 bits per heavy atom. The van der Waals surface area contributed by atoms with E-state index in [1.165, 1.54) is 0 Å². The van der Waals surface area contributed by atoms with Crippen molar-refractivity contribution in [1.82, 2.24) is 5.32 Å². The lowest BCUT2D eigenvalue weighted by atomic mass is 10.3. The van der Waals surface area contributed by atoms with E-state index in [2.05, 4.69) is 5.32 Å². The van der Waals surface area contributed by atoms with Crippen LogP contribution in [-0.4, -0.2) is 45.7 Å². The molecule has 3 N–H and O–H groups in total. The van der Waals surface area contributed by atoms with Crippen molar-refractivity contribution >= 4 is 23.6 Å². The fourth-order valence-corrected chi connectivity index (χ4v) is 1.38. The predicted molar refractivity (Wildman–Crippen MR) is 58.8 cm³/mol. The van der Waals surface area contributed by atoms with Crippen LogP contribution in [0.1, 0.15) is 15.1 Å². The van der Waals surface area contributed by atoms with E-state index < -0.39 is 48.0 Å². The molecule has 0 saturated heterocycles. The molecule has 0 aliphatic heterocycles. The lowest BCUT2D eigenvalue weighted by Crippen LogP contribution is -2.41. The third-order valence-corrected chi connectivity index (χ3v) is 2.27. The number of hydrogen-bond donors (Lipinski definition) is 3. The first-order valence-electron chi connectivity index (χ1n) is 6.83. The summed E-state index contributed by atoms with van der Waals surface area (Å²) in [7, 11) is 0. The van der Waals surface area contributed by atoms with Crippen LogP contribution in [0.4, 0.5) is 0 Å². The van der Waals surface area contributed by atoms with Crippen molar-refractivity contribution in [1.29, 1.82) is 0 Å². The van der Waals surface area contributed by atoms with Crippen LogP contribution in [0, 0.1) is 0 Å². The van der Waals surface area contributed by atoms with Crippen molar-refractivity contribution in [2.45, 2.75) is 18.2 Å². The Balaban J connectivity index is 5.31. The first-order valence-corrected chi connectivity index (χ1v) is 4.82. The Hall–Kier alpha value is -1.01. The Bertz CT molecular complexity index is 450. The molecule has 0 aromatic heterocycles. The highest BCUT2D eigenvalue weighted by molar-refractivity contribution is 8.00. The molecule has 0 rings (SSSR count). The van der Waals surface area contributed by atoms with Crippen LogP contribution in [0.15, 0.2) is 12.6 Å². The van der Waals surface area contributed by atoms with E-state index >= 15 is 0 Å². The quantitative estimate of drug-likeness (QED) is 0.538. The maximum Gasteiger partial charge on any atom is 0.327 e. The molecule has 5 nitrogen and oxygen atoms in total. The van der Waals surface area contributed by atoms with Crippen LogP contribution in [-0.2, 0) is 9.59 Å². The maximum atomic E-state index is 10.9. The normalized spacial score (nSPS) is 22.5. The van der Waals surface area contributed by atoms with Crippen LogP contribution in [0.2, 0.25) is 0 Å². The summed E-state index contributed by atoms with van der Waals surface area (Å²) in [6.07, 6.45) is 0. The largest absolute Gasteiger partial charge is 0.480 e. The fourth-order valence-electron chi connectivity index (χ4n) is 0.683. The van der Waals surface area contributed by atoms with Gasteiger partial charge in [0.05, 0.1) is 13.4 Å². The molecule has 86 valence electrons. The first-order chi connectivity index (χ1) is 9.33. The van der Waals surface area contributed by atoms with Gasteiger partial charge in [-0.2, -0.15) is 0 Å². The van der Waals surface area contributed by atoms with Crippen molar-refractivity contribution in [3.8, 4) is 0 Å². The Morgan fingerprint density at radius 3 is 3.00 bits per heavy atom. The van der Waals surface area contributed by atoms with Gasteiger partial charge in [0.2, 0.25) is 5.91 Å². The molecular formula is C9H15NO4S. The summed E-state index contributed by atoms with van der Waals surface area (Å²) in [5.74, 6) is -2.63. The zero-order chi connectivity index (χ0) is 17.0. The topological polar surface area (TPSA) is 86.6 Å². The molecule has 1 unspecified atom stereocenters. The predicted octanol–water partition coefficient (Wildman–Crippen LogP) is -0.144. The van der Waals surface area contributed by atoms with Gasteiger partial charge in [0.25, 0.3) is 0 Å². The molecule has 0 heterocycles. The molecule has 0 fully saturated rings. The van der Waals surface area contributed by atoms with Crippen LogP contribution in [0.3, 0.4) is 0 Å². The van der Waals surface area contributed by atoms with Gasteiger partial charge in [-0.05, 0) is 0 Å². The number of hydrogen-bond acceptors (Lipinski definition) is 4. The van der Waals surface area contributed by atoms with Gasteiger partial charge < -0.3 is 15.5 Å². The first kappa shape index (κ1) is 6.55. The van der Waals surface area contributed by atoms with Gasteiger partial charge in [-0.15, -0.1) is 18.3 Å². The van der Waals surface area contributed by atoms with Crippen molar-refractivity contribution in [3.63, 3.8) is 0 Å². The van der Waals surface area contributed by atoms with Crippen molar-refractivity contribution < 1.29 is 28.0 Å². The van der Waals surface area contributed by atoms with E-state index in [9.17, 15) is 14.7 Å². The van der Waals surface area contributed by atoms with Gasteiger partial charge in [-0.3, -0.25) is 4.79 Å². The van der Waals surface area contributed by atoms with Gasteiger partial charge >= 0.3 is 5.97 Å². The molecule has 15 heavy (non-hydrogen) atoms. The molecule has 0 aliphatic carbocycles. The number of carboxylic acid groups (broad SMARTS) is 1. The summed E-state index contributed by atoms with van der Waals surface area (Å²) >= 11 is 0.206. The number of nitrogens with one attached hydrogen (secondary N) is 1. The molecular weight excluding hydrogens is 218 g/mol. The van der Waals surface area contributed by atoms with Crippen LogP contribution < -0.4 is 5.32 Å². The smallest absolute Gasteiger partial charge is 0.327 e. The number of rotatable bonds is 7. The molecule has 0 aromatic carbocycles. The molecule has 0 radical (unpaired) electrons. The number of carboxylic acids is 1. The second-order valence-corrected chi connectivity index (χ2v) is 3.50. The molecule has 2 atom stereocenters. The van der Waals surface area contributed by atoms with Gasteiger partial charge in [0, 0.05) is 19.3 Å². The molecule has 6 heteroatoms. The summed E-state index contributed by atoms with van der Waals surface area (Å²) in [5, 5.41) is 17.5. The third-order valence-electron chi connectivity index (χ3n) is 1.29. The third kappa shape index (κ3) is 6.14. The Kier molecular flexibility index (Phi) is 3.19. The Morgan fingerprint density at radius 1 is 1.93 bits per heavy atom. The highest BCUT2D eigenvalue weighted by atomic mass is 32.2. The van der Waals surface area contributed by atoms with E-state index in [4.69, 9.17) is 13.3 Å². The minimum absolute atomic E-state index is 0.206. The maximum absolute atomic E-state index is 10.9. The minimum atomic E-state index is -3.29. The van der Waals surface area contributed by atoms with Crippen molar-refractivity contribution in [3.05, 3.63) is 12.6 Å². The van der Waals surface area contributed by atoms with E-state index in [1.54, 1.807) is 0 Å². The van der Waals surface area contributed by atoms with E-state index in [1.807, 2.05) is 0 Å². The molecule has 0 aromatic rings. The molecule has 1 amide bonds.